The van der Waals surface area contributed by atoms with Crippen LogP contribution in [0.5, 0.6) is 0 Å². The van der Waals surface area contributed by atoms with Crippen molar-refractivity contribution < 1.29 is 4.39 Å². The highest BCUT2D eigenvalue weighted by Crippen LogP contribution is 2.09. The second-order valence-electron chi connectivity index (χ2n) is 4.33. The first-order valence-corrected chi connectivity index (χ1v) is 7.31. The summed E-state index contributed by atoms with van der Waals surface area (Å²) in [7, 11) is 1.66. The van der Waals surface area contributed by atoms with Gasteiger partial charge in [-0.2, -0.15) is 16.6 Å². The van der Waals surface area contributed by atoms with E-state index in [-0.39, 0.29) is 0 Å². The summed E-state index contributed by atoms with van der Waals surface area (Å²) < 4.78 is 13.8. The van der Waals surface area contributed by atoms with Crippen molar-refractivity contribution in [1.82, 2.24) is 10.6 Å². The summed E-state index contributed by atoms with van der Waals surface area (Å²) in [5, 5.41) is 19.0. The molecular formula is C15H15FN4S. The Morgan fingerprint density at radius 1 is 1.33 bits per heavy atom. The predicted octanol–water partition coefficient (Wildman–Crippen LogP) is 2.62. The number of aliphatic imine (C=N–C) groups is 1. The van der Waals surface area contributed by atoms with E-state index in [1.807, 2.05) is 17.5 Å². The lowest BCUT2D eigenvalue weighted by Crippen LogP contribution is -2.36. The molecule has 0 radical (unpaired) electrons. The number of hydrogen-bond acceptors (Lipinski definition) is 3. The summed E-state index contributed by atoms with van der Waals surface area (Å²) in [5.41, 5.74) is 1.98. The summed E-state index contributed by atoms with van der Waals surface area (Å²) >= 11 is 1.64. The lowest BCUT2D eigenvalue weighted by atomic mass is 10.1. The summed E-state index contributed by atoms with van der Waals surface area (Å²) in [6.45, 7) is 0.972. The molecule has 1 heterocycles. The standard InChI is InChI=1S/C15H15FN4S/c1-18-15(19-8-12-4-5-21-10-12)20-9-13-3-2-11(7-17)6-14(13)16/h2-6,10H,8-9H2,1H3,(H2,18,19,20). The number of rotatable bonds is 4. The van der Waals surface area contributed by atoms with Gasteiger partial charge in [0.2, 0.25) is 0 Å². The molecular weight excluding hydrogens is 287 g/mol. The van der Waals surface area contributed by atoms with Gasteiger partial charge in [0.05, 0.1) is 11.6 Å². The van der Waals surface area contributed by atoms with Crippen LogP contribution in [0.4, 0.5) is 4.39 Å². The molecule has 4 nitrogen and oxygen atoms in total. The van der Waals surface area contributed by atoms with Gasteiger partial charge in [-0.25, -0.2) is 4.39 Å². The number of nitrogens with one attached hydrogen (secondary N) is 2. The van der Waals surface area contributed by atoms with E-state index in [2.05, 4.69) is 21.0 Å². The smallest absolute Gasteiger partial charge is 0.191 e. The van der Waals surface area contributed by atoms with Gasteiger partial charge in [-0.3, -0.25) is 4.99 Å². The molecule has 108 valence electrons. The minimum Gasteiger partial charge on any atom is -0.352 e. The number of thiophene rings is 1. The van der Waals surface area contributed by atoms with Crippen LogP contribution in [0.15, 0.2) is 40.0 Å². The van der Waals surface area contributed by atoms with E-state index in [1.165, 1.54) is 11.6 Å². The highest BCUT2D eigenvalue weighted by Gasteiger charge is 2.05. The van der Waals surface area contributed by atoms with Crippen molar-refractivity contribution in [2.75, 3.05) is 7.05 Å². The highest BCUT2D eigenvalue weighted by molar-refractivity contribution is 7.07. The van der Waals surface area contributed by atoms with Gasteiger partial charge < -0.3 is 10.6 Å². The van der Waals surface area contributed by atoms with Crippen molar-refractivity contribution in [3.05, 3.63) is 57.5 Å². The van der Waals surface area contributed by atoms with Crippen molar-refractivity contribution in [2.45, 2.75) is 13.1 Å². The average Bonchev–Trinajstić information content (AvgIpc) is 3.02. The van der Waals surface area contributed by atoms with Gasteiger partial charge in [0.15, 0.2) is 5.96 Å². The second kappa shape index (κ2) is 7.41. The largest absolute Gasteiger partial charge is 0.352 e. The second-order valence-corrected chi connectivity index (χ2v) is 5.11. The number of hydrogen-bond donors (Lipinski definition) is 2. The Kier molecular flexibility index (Phi) is 5.29. The quantitative estimate of drug-likeness (QED) is 0.674. The Bertz CT molecular complexity index is 659. The maximum absolute atomic E-state index is 13.8. The topological polar surface area (TPSA) is 60.2 Å². The molecule has 0 fully saturated rings. The molecule has 0 atom stereocenters. The van der Waals surface area contributed by atoms with Crippen molar-refractivity contribution in [3.63, 3.8) is 0 Å². The summed E-state index contributed by atoms with van der Waals surface area (Å²) in [5.74, 6) is 0.208. The van der Waals surface area contributed by atoms with Crippen LogP contribution in [0.3, 0.4) is 0 Å². The average molecular weight is 302 g/mol. The van der Waals surface area contributed by atoms with Gasteiger partial charge in [-0.05, 0) is 34.5 Å². The fraction of sp³-hybridized carbons (Fsp3) is 0.200. The molecule has 0 aliphatic rings. The molecule has 1 aromatic heterocycles. The van der Waals surface area contributed by atoms with Gasteiger partial charge in [0.25, 0.3) is 0 Å². The summed E-state index contributed by atoms with van der Waals surface area (Å²) in [4.78, 5) is 4.09. The maximum Gasteiger partial charge on any atom is 0.191 e. The third-order valence-corrected chi connectivity index (χ3v) is 3.62. The van der Waals surface area contributed by atoms with E-state index in [0.29, 0.717) is 30.2 Å². The van der Waals surface area contributed by atoms with Crippen LogP contribution in [-0.4, -0.2) is 13.0 Å². The van der Waals surface area contributed by atoms with Gasteiger partial charge in [0.1, 0.15) is 5.82 Å². The zero-order valence-electron chi connectivity index (χ0n) is 11.6. The molecule has 0 aliphatic carbocycles. The van der Waals surface area contributed by atoms with Gasteiger partial charge in [0, 0.05) is 25.7 Å². The number of guanidine groups is 1. The number of halogens is 1. The zero-order chi connectivity index (χ0) is 15.1. The molecule has 1 aromatic carbocycles. The van der Waals surface area contributed by atoms with Crippen molar-refractivity contribution in [3.8, 4) is 6.07 Å². The maximum atomic E-state index is 13.8. The van der Waals surface area contributed by atoms with E-state index in [0.717, 1.165) is 0 Å². The normalized spacial score (nSPS) is 11.0. The molecule has 0 aliphatic heterocycles. The Balaban J connectivity index is 1.90. The predicted molar refractivity (Wildman–Crippen MR) is 82.5 cm³/mol. The van der Waals surface area contributed by atoms with Crippen LogP contribution in [0, 0.1) is 17.1 Å². The molecule has 2 N–H and O–H groups in total. The molecule has 0 amide bonds. The third-order valence-electron chi connectivity index (χ3n) is 2.89. The Morgan fingerprint density at radius 2 is 2.14 bits per heavy atom. The number of nitriles is 1. The third kappa shape index (κ3) is 4.29. The minimum absolute atomic E-state index is 0.306. The molecule has 0 spiro atoms. The highest BCUT2D eigenvalue weighted by atomic mass is 32.1. The molecule has 2 rings (SSSR count). The van der Waals surface area contributed by atoms with Crippen LogP contribution in [-0.2, 0) is 13.1 Å². The first-order valence-electron chi connectivity index (χ1n) is 6.37. The van der Waals surface area contributed by atoms with Crippen molar-refractivity contribution in [1.29, 1.82) is 5.26 Å². The minimum atomic E-state index is -0.394. The molecule has 0 bridgehead atoms. The molecule has 6 heteroatoms. The van der Waals surface area contributed by atoms with E-state index >= 15 is 0 Å². The van der Waals surface area contributed by atoms with Gasteiger partial charge in [-0.1, -0.05) is 6.07 Å². The van der Waals surface area contributed by atoms with Gasteiger partial charge >= 0.3 is 0 Å². The number of benzene rings is 1. The van der Waals surface area contributed by atoms with Crippen LogP contribution < -0.4 is 10.6 Å². The Morgan fingerprint density at radius 3 is 2.76 bits per heavy atom. The lowest BCUT2D eigenvalue weighted by molar-refractivity contribution is 0.604. The molecule has 0 saturated carbocycles. The Hall–Kier alpha value is -2.39. The van der Waals surface area contributed by atoms with Crippen LogP contribution in [0.1, 0.15) is 16.7 Å². The van der Waals surface area contributed by atoms with Gasteiger partial charge in [-0.15, -0.1) is 0 Å². The van der Waals surface area contributed by atoms with Crippen LogP contribution in [0.2, 0.25) is 0 Å². The van der Waals surface area contributed by atoms with Crippen LogP contribution in [0.25, 0.3) is 0 Å². The lowest BCUT2D eigenvalue weighted by Gasteiger charge is -2.12. The summed E-state index contributed by atoms with van der Waals surface area (Å²) in [6, 6.07) is 8.38. The summed E-state index contributed by atoms with van der Waals surface area (Å²) in [6.07, 6.45) is 0. The fourth-order valence-electron chi connectivity index (χ4n) is 1.74. The van der Waals surface area contributed by atoms with E-state index in [4.69, 9.17) is 5.26 Å². The van der Waals surface area contributed by atoms with E-state index < -0.39 is 5.82 Å². The van der Waals surface area contributed by atoms with Crippen LogP contribution >= 0.6 is 11.3 Å². The molecule has 21 heavy (non-hydrogen) atoms. The van der Waals surface area contributed by atoms with Crippen molar-refractivity contribution >= 4 is 17.3 Å². The SMILES string of the molecule is CN=C(NCc1ccsc1)NCc1ccc(C#N)cc1F. The molecule has 2 aromatic rings. The molecule has 0 saturated heterocycles. The first-order chi connectivity index (χ1) is 10.2. The number of nitrogens with zero attached hydrogens (tertiary/aromatic N) is 2. The Labute approximate surface area is 127 Å². The van der Waals surface area contributed by atoms with E-state index in [1.54, 1.807) is 30.5 Å². The van der Waals surface area contributed by atoms with E-state index in [9.17, 15) is 4.39 Å². The first kappa shape index (κ1) is 15.0. The fourth-order valence-corrected chi connectivity index (χ4v) is 2.41. The van der Waals surface area contributed by atoms with Crippen molar-refractivity contribution in [2.24, 2.45) is 4.99 Å². The zero-order valence-corrected chi connectivity index (χ0v) is 12.4. The molecule has 0 unspecified atom stereocenters. The monoisotopic (exact) mass is 302 g/mol.